The van der Waals surface area contributed by atoms with Gasteiger partial charge in [0.05, 0.1) is 0 Å². The van der Waals surface area contributed by atoms with Crippen LogP contribution >= 0.6 is 11.8 Å². The van der Waals surface area contributed by atoms with Crippen LogP contribution in [-0.2, 0) is 0 Å². The van der Waals surface area contributed by atoms with Crippen LogP contribution in [-0.4, -0.2) is 17.0 Å². The minimum absolute atomic E-state index is 0.551. The molecule has 2 heteroatoms. The quantitative estimate of drug-likeness (QED) is 0.496. The summed E-state index contributed by atoms with van der Waals surface area (Å²) in [4.78, 5) is 0. The summed E-state index contributed by atoms with van der Waals surface area (Å²) in [6, 6.07) is 0.551. The van der Waals surface area contributed by atoms with E-state index in [0.717, 1.165) is 11.2 Å². The van der Waals surface area contributed by atoms with Gasteiger partial charge in [-0.25, -0.2) is 0 Å². The van der Waals surface area contributed by atoms with E-state index < -0.39 is 0 Å². The lowest BCUT2D eigenvalue weighted by molar-refractivity contribution is 0.679. The molecule has 0 amide bonds. The first-order valence-electron chi connectivity index (χ1n) is 2.75. The third-order valence-corrected chi connectivity index (χ3v) is 3.38. The minimum Gasteiger partial charge on any atom is -0.327 e. The minimum atomic E-state index is 0.551. The molecule has 40 valence electrons. The van der Waals surface area contributed by atoms with E-state index in [4.69, 9.17) is 5.73 Å². The average Bonchev–Trinajstić information content (AvgIpc) is 2.33. The Hall–Kier alpha value is 0.310. The third kappa shape index (κ3) is 0.500. The van der Waals surface area contributed by atoms with Crippen molar-refractivity contribution >= 4 is 11.8 Å². The van der Waals surface area contributed by atoms with Crippen molar-refractivity contribution in [3.8, 4) is 0 Å². The first kappa shape index (κ1) is 4.21. The van der Waals surface area contributed by atoms with Crippen molar-refractivity contribution in [2.45, 2.75) is 17.7 Å². The SMILES string of the molecule is NC1CSC2CC12. The number of hydrogen-bond donors (Lipinski definition) is 1. The fourth-order valence-electron chi connectivity index (χ4n) is 1.19. The average molecular weight is 115 g/mol. The van der Waals surface area contributed by atoms with Crippen LogP contribution in [0.5, 0.6) is 0 Å². The summed E-state index contributed by atoms with van der Waals surface area (Å²) in [7, 11) is 0. The van der Waals surface area contributed by atoms with E-state index in [-0.39, 0.29) is 0 Å². The smallest absolute Gasteiger partial charge is 0.0170 e. The van der Waals surface area contributed by atoms with E-state index in [0.29, 0.717) is 6.04 Å². The molecule has 1 nitrogen and oxygen atoms in total. The molecule has 1 heterocycles. The summed E-state index contributed by atoms with van der Waals surface area (Å²) in [6.45, 7) is 0. The molecule has 1 aliphatic carbocycles. The van der Waals surface area contributed by atoms with Gasteiger partial charge in [-0.3, -0.25) is 0 Å². The van der Waals surface area contributed by atoms with Crippen molar-refractivity contribution in [2.75, 3.05) is 5.75 Å². The normalized spacial score (nSPS) is 57.0. The highest BCUT2D eigenvalue weighted by molar-refractivity contribution is 8.00. The van der Waals surface area contributed by atoms with Gasteiger partial charge in [0, 0.05) is 17.0 Å². The van der Waals surface area contributed by atoms with Gasteiger partial charge in [0.25, 0.3) is 0 Å². The van der Waals surface area contributed by atoms with Crippen LogP contribution in [0, 0.1) is 5.92 Å². The van der Waals surface area contributed by atoms with Crippen LogP contribution in [0.2, 0.25) is 0 Å². The highest BCUT2D eigenvalue weighted by Crippen LogP contribution is 2.49. The molecule has 3 atom stereocenters. The van der Waals surface area contributed by atoms with Crippen molar-refractivity contribution < 1.29 is 0 Å². The van der Waals surface area contributed by atoms with Gasteiger partial charge in [-0.15, -0.1) is 0 Å². The Bertz CT molecular complexity index is 94.1. The first-order chi connectivity index (χ1) is 3.38. The van der Waals surface area contributed by atoms with Gasteiger partial charge < -0.3 is 5.73 Å². The first-order valence-corrected chi connectivity index (χ1v) is 3.80. The van der Waals surface area contributed by atoms with Crippen LogP contribution in [0.15, 0.2) is 0 Å². The van der Waals surface area contributed by atoms with Gasteiger partial charge in [0.15, 0.2) is 0 Å². The van der Waals surface area contributed by atoms with Crippen LogP contribution in [0.25, 0.3) is 0 Å². The Balaban J connectivity index is 2.08. The lowest BCUT2D eigenvalue weighted by atomic mass is 10.2. The topological polar surface area (TPSA) is 26.0 Å². The summed E-state index contributed by atoms with van der Waals surface area (Å²) in [5, 5.41) is 0.981. The second-order valence-electron chi connectivity index (χ2n) is 2.44. The maximum absolute atomic E-state index is 5.70. The molecule has 2 fully saturated rings. The molecule has 7 heavy (non-hydrogen) atoms. The summed E-state index contributed by atoms with van der Waals surface area (Å²) in [6.07, 6.45) is 1.41. The van der Waals surface area contributed by atoms with E-state index in [2.05, 4.69) is 11.8 Å². The van der Waals surface area contributed by atoms with E-state index in [1.54, 1.807) is 0 Å². The van der Waals surface area contributed by atoms with Crippen molar-refractivity contribution in [2.24, 2.45) is 11.7 Å². The fourth-order valence-corrected chi connectivity index (χ4v) is 2.71. The number of nitrogens with two attached hydrogens (primary N) is 1. The lowest BCUT2D eigenvalue weighted by Crippen LogP contribution is -2.21. The van der Waals surface area contributed by atoms with Crippen LogP contribution in [0.1, 0.15) is 6.42 Å². The van der Waals surface area contributed by atoms with Gasteiger partial charge in [-0.2, -0.15) is 11.8 Å². The zero-order chi connectivity index (χ0) is 4.85. The van der Waals surface area contributed by atoms with Crippen LogP contribution in [0.4, 0.5) is 0 Å². The van der Waals surface area contributed by atoms with E-state index >= 15 is 0 Å². The van der Waals surface area contributed by atoms with Crippen molar-refractivity contribution in [3.63, 3.8) is 0 Å². The molecule has 0 aromatic rings. The standard InChI is InChI=1S/C5H9NS/c6-4-2-7-5-1-3(4)5/h3-5H,1-2,6H2. The van der Waals surface area contributed by atoms with Crippen LogP contribution in [0.3, 0.4) is 0 Å². The number of thioether (sulfide) groups is 1. The molecular formula is C5H9NS. The Labute approximate surface area is 47.7 Å². The number of rotatable bonds is 0. The molecule has 2 rings (SSSR count). The van der Waals surface area contributed by atoms with Crippen molar-refractivity contribution in [1.82, 2.24) is 0 Å². The Kier molecular flexibility index (Phi) is 0.707. The molecule has 3 unspecified atom stereocenters. The molecule has 0 spiro atoms. The van der Waals surface area contributed by atoms with Crippen molar-refractivity contribution in [3.05, 3.63) is 0 Å². The van der Waals surface area contributed by atoms with Gasteiger partial charge in [0.2, 0.25) is 0 Å². The predicted octanol–water partition coefficient (Wildman–Crippen LogP) is 0.449. The molecule has 0 aromatic carbocycles. The summed E-state index contributed by atoms with van der Waals surface area (Å²) in [5.74, 6) is 2.14. The van der Waals surface area contributed by atoms with E-state index in [9.17, 15) is 0 Å². The molecule has 0 radical (unpaired) electrons. The second-order valence-corrected chi connectivity index (χ2v) is 3.71. The molecule has 1 aliphatic heterocycles. The Morgan fingerprint density at radius 3 is 2.57 bits per heavy atom. The van der Waals surface area contributed by atoms with E-state index in [1.165, 1.54) is 12.2 Å². The molecule has 1 saturated heterocycles. The number of fused-ring (bicyclic) bond motifs is 1. The second kappa shape index (κ2) is 1.17. The monoisotopic (exact) mass is 115 g/mol. The molecule has 1 saturated carbocycles. The predicted molar refractivity (Wildman–Crippen MR) is 32.3 cm³/mol. The van der Waals surface area contributed by atoms with Crippen molar-refractivity contribution in [1.29, 1.82) is 0 Å². The zero-order valence-electron chi connectivity index (χ0n) is 4.13. The fraction of sp³-hybridized carbons (Fsp3) is 1.00. The van der Waals surface area contributed by atoms with Gasteiger partial charge >= 0.3 is 0 Å². The molecule has 0 aromatic heterocycles. The summed E-state index contributed by atoms with van der Waals surface area (Å²) < 4.78 is 0. The third-order valence-electron chi connectivity index (χ3n) is 1.83. The number of hydrogen-bond acceptors (Lipinski definition) is 2. The highest BCUT2D eigenvalue weighted by Gasteiger charge is 2.47. The highest BCUT2D eigenvalue weighted by atomic mass is 32.2. The zero-order valence-corrected chi connectivity index (χ0v) is 4.95. The van der Waals surface area contributed by atoms with Crippen LogP contribution < -0.4 is 5.73 Å². The maximum Gasteiger partial charge on any atom is 0.0170 e. The Morgan fingerprint density at radius 2 is 2.43 bits per heavy atom. The van der Waals surface area contributed by atoms with Gasteiger partial charge in [-0.1, -0.05) is 0 Å². The summed E-state index contributed by atoms with van der Waals surface area (Å²) >= 11 is 2.05. The molecule has 2 N–H and O–H groups in total. The summed E-state index contributed by atoms with van der Waals surface area (Å²) in [5.41, 5.74) is 5.70. The van der Waals surface area contributed by atoms with Gasteiger partial charge in [0.1, 0.15) is 0 Å². The maximum atomic E-state index is 5.70. The largest absolute Gasteiger partial charge is 0.327 e. The Morgan fingerprint density at radius 1 is 1.57 bits per heavy atom. The molecular weight excluding hydrogens is 106 g/mol. The van der Waals surface area contributed by atoms with E-state index in [1.807, 2.05) is 0 Å². The molecule has 0 bridgehead atoms. The lowest BCUT2D eigenvalue weighted by Gasteiger charge is -1.98. The van der Waals surface area contributed by atoms with Gasteiger partial charge in [-0.05, 0) is 12.3 Å². The molecule has 2 aliphatic rings.